The summed E-state index contributed by atoms with van der Waals surface area (Å²) >= 11 is 1.40. The van der Waals surface area contributed by atoms with Gasteiger partial charge in [-0.1, -0.05) is 41.7 Å². The molecule has 4 rings (SSSR count). The largest absolute Gasteiger partial charge is 0.278 e. The second kappa shape index (κ2) is 7.01. The van der Waals surface area contributed by atoms with Crippen molar-refractivity contribution in [2.24, 2.45) is 0 Å². The highest BCUT2D eigenvalue weighted by atomic mass is 32.1. The van der Waals surface area contributed by atoms with E-state index in [-0.39, 0.29) is 12.1 Å². The van der Waals surface area contributed by atoms with Gasteiger partial charge in [0.25, 0.3) is 5.91 Å². The number of halogens is 1. The van der Waals surface area contributed by atoms with Crippen LogP contribution in [0, 0.1) is 5.82 Å². The van der Waals surface area contributed by atoms with Gasteiger partial charge >= 0.3 is 0 Å². The molecule has 1 amide bonds. The first-order valence-corrected chi connectivity index (χ1v) is 8.86. The molecule has 4 aromatic rings. The lowest BCUT2D eigenvalue weighted by molar-refractivity contribution is 0.0981. The zero-order valence-corrected chi connectivity index (χ0v) is 14.5. The Labute approximate surface area is 153 Å². The minimum atomic E-state index is -0.551. The highest BCUT2D eigenvalue weighted by molar-refractivity contribution is 7.22. The summed E-state index contributed by atoms with van der Waals surface area (Å²) in [4.78, 5) is 23.4. The Morgan fingerprint density at radius 3 is 2.54 bits per heavy atom. The van der Waals surface area contributed by atoms with Gasteiger partial charge in [0.1, 0.15) is 5.82 Å². The van der Waals surface area contributed by atoms with Crippen molar-refractivity contribution in [3.05, 3.63) is 90.0 Å². The van der Waals surface area contributed by atoms with Crippen LogP contribution in [0.2, 0.25) is 0 Å². The summed E-state index contributed by atoms with van der Waals surface area (Å²) < 4.78 is 15.1. The number of amides is 1. The van der Waals surface area contributed by atoms with Gasteiger partial charge < -0.3 is 0 Å². The maximum Gasteiger partial charge on any atom is 0.263 e. The number of benzene rings is 2. The Morgan fingerprint density at radius 2 is 1.77 bits per heavy atom. The predicted molar refractivity (Wildman–Crippen MR) is 101 cm³/mol. The fourth-order valence-corrected chi connectivity index (χ4v) is 3.60. The van der Waals surface area contributed by atoms with Crippen molar-refractivity contribution >= 4 is 32.6 Å². The number of hydrogen-bond acceptors (Lipinski definition) is 4. The van der Waals surface area contributed by atoms with Gasteiger partial charge in [-0.15, -0.1) is 0 Å². The van der Waals surface area contributed by atoms with Crippen LogP contribution >= 0.6 is 11.3 Å². The standard InChI is InChI=1S/C20H14FN3OS/c21-16-9-2-1-8-15(16)19(25)24(13-14-7-5-6-12-22-14)20-23-17-10-3-4-11-18(17)26-20/h1-12H,13H2. The summed E-state index contributed by atoms with van der Waals surface area (Å²) in [5.74, 6) is -0.988. The molecule has 2 aromatic heterocycles. The van der Waals surface area contributed by atoms with E-state index in [1.807, 2.05) is 42.5 Å². The summed E-state index contributed by atoms with van der Waals surface area (Å²) in [6.07, 6.45) is 1.67. The third-order valence-corrected chi connectivity index (χ3v) is 4.97. The SMILES string of the molecule is O=C(c1ccccc1F)N(Cc1ccccn1)c1nc2ccccc2s1. The molecule has 6 heteroatoms. The minimum Gasteiger partial charge on any atom is -0.278 e. The van der Waals surface area contributed by atoms with Crippen molar-refractivity contribution in [1.29, 1.82) is 0 Å². The molecule has 2 aromatic carbocycles. The van der Waals surface area contributed by atoms with Crippen LogP contribution in [0.1, 0.15) is 16.1 Å². The smallest absolute Gasteiger partial charge is 0.263 e. The molecule has 0 fully saturated rings. The Bertz CT molecular complexity index is 1030. The quantitative estimate of drug-likeness (QED) is 0.529. The van der Waals surface area contributed by atoms with Crippen molar-refractivity contribution < 1.29 is 9.18 Å². The van der Waals surface area contributed by atoms with Crippen molar-refractivity contribution in [2.45, 2.75) is 6.54 Å². The van der Waals surface area contributed by atoms with E-state index in [9.17, 15) is 9.18 Å². The van der Waals surface area contributed by atoms with Gasteiger partial charge in [-0.25, -0.2) is 9.37 Å². The zero-order valence-electron chi connectivity index (χ0n) is 13.7. The molecule has 128 valence electrons. The van der Waals surface area contributed by atoms with Crippen molar-refractivity contribution in [2.75, 3.05) is 4.90 Å². The van der Waals surface area contributed by atoms with Crippen molar-refractivity contribution in [3.8, 4) is 0 Å². The molecule has 0 unspecified atom stereocenters. The maximum absolute atomic E-state index is 14.2. The first kappa shape index (κ1) is 16.4. The summed E-state index contributed by atoms with van der Waals surface area (Å²) in [5, 5.41) is 0.519. The van der Waals surface area contributed by atoms with E-state index in [1.54, 1.807) is 18.3 Å². The van der Waals surface area contributed by atoms with Crippen LogP contribution in [0.4, 0.5) is 9.52 Å². The van der Waals surface area contributed by atoms with Crippen LogP contribution in [0.3, 0.4) is 0 Å². The number of hydrogen-bond donors (Lipinski definition) is 0. The number of carbonyl (C=O) groups is 1. The molecule has 0 aliphatic heterocycles. The molecule has 0 aliphatic rings. The molecule has 0 N–H and O–H groups in total. The summed E-state index contributed by atoms with van der Waals surface area (Å²) in [7, 11) is 0. The molecular formula is C20H14FN3OS. The van der Waals surface area contributed by atoms with Gasteiger partial charge in [-0.3, -0.25) is 14.7 Å². The third-order valence-electron chi connectivity index (χ3n) is 3.91. The van der Waals surface area contributed by atoms with Crippen LogP contribution in [-0.4, -0.2) is 15.9 Å². The van der Waals surface area contributed by atoms with Crippen LogP contribution < -0.4 is 4.90 Å². The normalized spacial score (nSPS) is 10.8. The predicted octanol–water partition coefficient (Wildman–Crippen LogP) is 4.68. The number of anilines is 1. The average Bonchev–Trinajstić information content (AvgIpc) is 3.10. The number of para-hydroxylation sites is 1. The Morgan fingerprint density at radius 1 is 1.00 bits per heavy atom. The van der Waals surface area contributed by atoms with Crippen LogP contribution in [0.25, 0.3) is 10.2 Å². The molecule has 0 bridgehead atoms. The van der Waals surface area contributed by atoms with Gasteiger partial charge in [0.15, 0.2) is 5.13 Å². The van der Waals surface area contributed by atoms with Gasteiger partial charge in [-0.05, 0) is 36.4 Å². The fourth-order valence-electron chi connectivity index (χ4n) is 2.64. The van der Waals surface area contributed by atoms with E-state index in [2.05, 4.69) is 9.97 Å². The highest BCUT2D eigenvalue weighted by Gasteiger charge is 2.24. The van der Waals surface area contributed by atoms with E-state index in [1.165, 1.54) is 28.4 Å². The second-order valence-electron chi connectivity index (χ2n) is 5.66. The Kier molecular flexibility index (Phi) is 4.41. The molecule has 0 saturated heterocycles. The summed E-state index contributed by atoms with van der Waals surface area (Å²) in [6.45, 7) is 0.216. The van der Waals surface area contributed by atoms with Crippen LogP contribution in [-0.2, 0) is 6.54 Å². The fraction of sp³-hybridized carbons (Fsp3) is 0.0500. The molecule has 0 spiro atoms. The molecular weight excluding hydrogens is 349 g/mol. The van der Waals surface area contributed by atoms with Gasteiger partial charge in [-0.2, -0.15) is 0 Å². The lowest BCUT2D eigenvalue weighted by Gasteiger charge is -2.19. The molecule has 2 heterocycles. The number of pyridine rings is 1. The topological polar surface area (TPSA) is 46.1 Å². The van der Waals surface area contributed by atoms with E-state index in [0.717, 1.165) is 10.2 Å². The number of aromatic nitrogens is 2. The van der Waals surface area contributed by atoms with E-state index in [4.69, 9.17) is 0 Å². The molecule has 0 atom stereocenters. The number of carbonyl (C=O) groups excluding carboxylic acids is 1. The molecule has 26 heavy (non-hydrogen) atoms. The second-order valence-corrected chi connectivity index (χ2v) is 6.67. The first-order valence-electron chi connectivity index (χ1n) is 8.04. The zero-order chi connectivity index (χ0) is 17.9. The number of fused-ring (bicyclic) bond motifs is 1. The monoisotopic (exact) mass is 363 g/mol. The van der Waals surface area contributed by atoms with E-state index < -0.39 is 11.7 Å². The highest BCUT2D eigenvalue weighted by Crippen LogP contribution is 2.30. The summed E-state index contributed by atoms with van der Waals surface area (Å²) in [6, 6.07) is 19.1. The molecule has 0 radical (unpaired) electrons. The van der Waals surface area contributed by atoms with Crippen LogP contribution in [0.5, 0.6) is 0 Å². The van der Waals surface area contributed by atoms with E-state index >= 15 is 0 Å². The Hall–Kier alpha value is -3.12. The molecule has 0 saturated carbocycles. The molecule has 4 nitrogen and oxygen atoms in total. The van der Waals surface area contributed by atoms with Crippen molar-refractivity contribution in [1.82, 2.24) is 9.97 Å². The van der Waals surface area contributed by atoms with Gasteiger partial charge in [0.05, 0.1) is 28.0 Å². The lowest BCUT2D eigenvalue weighted by atomic mass is 10.2. The number of nitrogens with zero attached hydrogens (tertiary/aromatic N) is 3. The Balaban J connectivity index is 1.78. The number of thiazole rings is 1. The maximum atomic E-state index is 14.2. The third kappa shape index (κ3) is 3.19. The summed E-state index contributed by atoms with van der Waals surface area (Å²) in [5.41, 5.74) is 1.53. The number of rotatable bonds is 4. The van der Waals surface area contributed by atoms with E-state index in [0.29, 0.717) is 10.8 Å². The first-order chi connectivity index (χ1) is 12.7. The van der Waals surface area contributed by atoms with Crippen molar-refractivity contribution in [3.63, 3.8) is 0 Å². The van der Waals surface area contributed by atoms with Gasteiger partial charge in [0, 0.05) is 6.20 Å². The van der Waals surface area contributed by atoms with Crippen LogP contribution in [0.15, 0.2) is 72.9 Å². The lowest BCUT2D eigenvalue weighted by Crippen LogP contribution is -2.31. The molecule has 0 aliphatic carbocycles. The minimum absolute atomic E-state index is 0.0164. The van der Waals surface area contributed by atoms with Gasteiger partial charge in [0.2, 0.25) is 0 Å². The average molecular weight is 363 g/mol.